The summed E-state index contributed by atoms with van der Waals surface area (Å²) >= 11 is 0. The van der Waals surface area contributed by atoms with E-state index in [0.29, 0.717) is 16.8 Å². The molecule has 1 aromatic carbocycles. The van der Waals surface area contributed by atoms with Gasteiger partial charge >= 0.3 is 11.7 Å². The predicted octanol–water partition coefficient (Wildman–Crippen LogP) is 1.98. The number of hydrogen-bond acceptors (Lipinski definition) is 3. The van der Waals surface area contributed by atoms with Crippen LogP contribution in [0, 0.1) is 6.92 Å². The third-order valence-electron chi connectivity index (χ3n) is 3.15. The average molecular weight is 272 g/mol. The minimum Gasteiger partial charge on any atom is -0.478 e. The van der Waals surface area contributed by atoms with Crippen LogP contribution in [0.4, 0.5) is 0 Å². The molecule has 2 heterocycles. The van der Waals surface area contributed by atoms with Crippen LogP contribution in [0.2, 0.25) is 0 Å². The summed E-state index contributed by atoms with van der Waals surface area (Å²) in [4.78, 5) is 25.7. The van der Waals surface area contributed by atoms with Crippen LogP contribution < -0.4 is 5.69 Å². The summed E-state index contributed by atoms with van der Waals surface area (Å²) in [5.74, 6) is 0.336. The Morgan fingerprint density at radius 3 is 2.80 bits per heavy atom. The van der Waals surface area contributed by atoms with E-state index in [1.807, 2.05) is 13.0 Å². The van der Waals surface area contributed by atoms with Crippen molar-refractivity contribution in [2.45, 2.75) is 13.5 Å². The number of fused-ring (bicyclic) bond motifs is 1. The molecule has 0 aliphatic heterocycles. The monoisotopic (exact) mass is 272 g/mol. The minimum atomic E-state index is -1.07. The van der Waals surface area contributed by atoms with Crippen LogP contribution >= 0.6 is 0 Å². The fourth-order valence-electron chi connectivity index (χ4n) is 2.24. The molecule has 6 nitrogen and oxygen atoms in total. The Hall–Kier alpha value is -2.76. The molecule has 0 aliphatic rings. The van der Waals surface area contributed by atoms with Gasteiger partial charge in [0.15, 0.2) is 0 Å². The summed E-state index contributed by atoms with van der Waals surface area (Å²) in [6.45, 7) is 2.08. The van der Waals surface area contributed by atoms with E-state index in [2.05, 4.69) is 4.98 Å². The maximum Gasteiger partial charge on any atom is 0.337 e. The van der Waals surface area contributed by atoms with E-state index in [0.717, 1.165) is 5.76 Å². The Bertz CT molecular complexity index is 854. The quantitative estimate of drug-likeness (QED) is 0.763. The molecule has 0 aliphatic carbocycles. The highest BCUT2D eigenvalue weighted by atomic mass is 16.4. The molecule has 0 spiro atoms. The number of nitrogens with one attached hydrogen (secondary N) is 1. The normalized spacial score (nSPS) is 11.1. The van der Waals surface area contributed by atoms with Crippen LogP contribution in [0.15, 0.2) is 39.5 Å². The number of aromatic nitrogens is 2. The summed E-state index contributed by atoms with van der Waals surface area (Å²) in [6, 6.07) is 8.39. The number of carboxylic acid groups (broad SMARTS) is 1. The zero-order chi connectivity index (χ0) is 14.3. The lowest BCUT2D eigenvalue weighted by atomic mass is 10.2. The van der Waals surface area contributed by atoms with Gasteiger partial charge in [-0.1, -0.05) is 6.07 Å². The second kappa shape index (κ2) is 4.41. The SMILES string of the molecule is Cc1ccc(Cn2c(=O)[nH]c3c(C(=O)O)cccc32)o1. The molecule has 2 aromatic heterocycles. The van der Waals surface area contributed by atoms with Crippen molar-refractivity contribution in [3.63, 3.8) is 0 Å². The number of para-hydroxylation sites is 1. The van der Waals surface area contributed by atoms with E-state index in [4.69, 9.17) is 9.52 Å². The number of rotatable bonds is 3. The van der Waals surface area contributed by atoms with E-state index in [1.54, 1.807) is 18.2 Å². The number of aromatic carboxylic acids is 1. The lowest BCUT2D eigenvalue weighted by Crippen LogP contribution is -2.16. The fraction of sp³-hybridized carbons (Fsp3) is 0.143. The van der Waals surface area contributed by atoms with Crippen molar-refractivity contribution < 1.29 is 14.3 Å². The highest BCUT2D eigenvalue weighted by molar-refractivity contribution is 6.00. The van der Waals surface area contributed by atoms with Crippen molar-refractivity contribution in [2.75, 3.05) is 0 Å². The fourth-order valence-corrected chi connectivity index (χ4v) is 2.24. The van der Waals surface area contributed by atoms with Crippen molar-refractivity contribution in [1.82, 2.24) is 9.55 Å². The molecule has 20 heavy (non-hydrogen) atoms. The number of imidazole rings is 1. The standard InChI is InChI=1S/C14H12N2O4/c1-8-5-6-9(20-8)7-16-11-4-2-3-10(13(17)18)12(11)15-14(16)19/h2-6H,7H2,1H3,(H,15,19)(H,17,18). The van der Waals surface area contributed by atoms with E-state index in [9.17, 15) is 9.59 Å². The van der Waals surface area contributed by atoms with Crippen molar-refractivity contribution in [2.24, 2.45) is 0 Å². The molecule has 0 unspecified atom stereocenters. The van der Waals surface area contributed by atoms with Gasteiger partial charge in [0.2, 0.25) is 0 Å². The highest BCUT2D eigenvalue weighted by Gasteiger charge is 2.15. The molecule has 0 fully saturated rings. The average Bonchev–Trinajstić information content (AvgIpc) is 2.94. The first-order valence-electron chi connectivity index (χ1n) is 6.06. The van der Waals surface area contributed by atoms with Crippen molar-refractivity contribution in [3.05, 3.63) is 57.9 Å². The summed E-state index contributed by atoms with van der Waals surface area (Å²) < 4.78 is 6.91. The van der Waals surface area contributed by atoms with Gasteiger partial charge in [0, 0.05) is 0 Å². The number of hydrogen-bond donors (Lipinski definition) is 2. The van der Waals surface area contributed by atoms with Gasteiger partial charge < -0.3 is 14.5 Å². The summed E-state index contributed by atoms with van der Waals surface area (Å²) in [7, 11) is 0. The molecule has 0 saturated carbocycles. The van der Waals surface area contributed by atoms with Gasteiger partial charge in [0.1, 0.15) is 11.5 Å². The molecule has 6 heteroatoms. The van der Waals surface area contributed by atoms with Gasteiger partial charge in [-0.3, -0.25) is 4.57 Å². The number of furan rings is 1. The van der Waals surface area contributed by atoms with Crippen LogP contribution in [0.25, 0.3) is 11.0 Å². The van der Waals surface area contributed by atoms with Crippen molar-refractivity contribution in [1.29, 1.82) is 0 Å². The van der Waals surface area contributed by atoms with Gasteiger partial charge in [0.05, 0.1) is 23.1 Å². The van der Waals surface area contributed by atoms with Crippen molar-refractivity contribution in [3.8, 4) is 0 Å². The van der Waals surface area contributed by atoms with Crippen LogP contribution in [0.1, 0.15) is 21.9 Å². The molecule has 0 amide bonds. The van der Waals surface area contributed by atoms with Crippen molar-refractivity contribution >= 4 is 17.0 Å². The molecule has 0 bridgehead atoms. The van der Waals surface area contributed by atoms with Gasteiger partial charge in [-0.25, -0.2) is 9.59 Å². The maximum atomic E-state index is 12.0. The minimum absolute atomic E-state index is 0.0778. The predicted molar refractivity (Wildman–Crippen MR) is 72.1 cm³/mol. The van der Waals surface area contributed by atoms with E-state index in [1.165, 1.54) is 10.6 Å². The Balaban J connectivity index is 2.16. The summed E-state index contributed by atoms with van der Waals surface area (Å²) in [6.07, 6.45) is 0. The van der Waals surface area contributed by atoms with E-state index >= 15 is 0 Å². The highest BCUT2D eigenvalue weighted by Crippen LogP contribution is 2.17. The van der Waals surface area contributed by atoms with Gasteiger partial charge in [0.25, 0.3) is 0 Å². The molecular formula is C14H12N2O4. The van der Waals surface area contributed by atoms with E-state index < -0.39 is 5.97 Å². The molecule has 102 valence electrons. The third kappa shape index (κ3) is 1.91. The first kappa shape index (κ1) is 12.3. The largest absolute Gasteiger partial charge is 0.478 e. The van der Waals surface area contributed by atoms with Crippen LogP contribution in [-0.2, 0) is 6.54 Å². The lowest BCUT2D eigenvalue weighted by molar-refractivity contribution is 0.0699. The van der Waals surface area contributed by atoms with Crippen LogP contribution in [0.5, 0.6) is 0 Å². The molecule has 0 radical (unpaired) electrons. The van der Waals surface area contributed by atoms with Crippen LogP contribution in [0.3, 0.4) is 0 Å². The maximum absolute atomic E-state index is 12.0. The Morgan fingerprint density at radius 1 is 1.35 bits per heavy atom. The van der Waals surface area contributed by atoms with Gasteiger partial charge in [-0.2, -0.15) is 0 Å². The zero-order valence-corrected chi connectivity index (χ0v) is 10.7. The van der Waals surface area contributed by atoms with E-state index in [-0.39, 0.29) is 17.8 Å². The Kier molecular flexibility index (Phi) is 2.71. The number of aryl methyl sites for hydroxylation is 1. The topological polar surface area (TPSA) is 88.2 Å². The summed E-state index contributed by atoms with van der Waals surface area (Å²) in [5, 5.41) is 9.13. The number of carboxylic acids is 1. The third-order valence-corrected chi connectivity index (χ3v) is 3.15. The molecule has 3 aromatic rings. The lowest BCUT2D eigenvalue weighted by Gasteiger charge is -2.01. The first-order valence-corrected chi connectivity index (χ1v) is 6.06. The number of benzene rings is 1. The first-order chi connectivity index (χ1) is 9.56. The number of carbonyl (C=O) groups is 1. The van der Waals surface area contributed by atoms with Gasteiger partial charge in [-0.15, -0.1) is 0 Å². The number of H-pyrrole nitrogens is 1. The number of aromatic amines is 1. The molecule has 3 rings (SSSR count). The molecule has 0 saturated heterocycles. The second-order valence-corrected chi connectivity index (χ2v) is 4.53. The smallest absolute Gasteiger partial charge is 0.337 e. The number of nitrogens with zero attached hydrogens (tertiary/aromatic N) is 1. The Labute approximate surface area is 113 Å². The second-order valence-electron chi connectivity index (χ2n) is 4.53. The molecule has 2 N–H and O–H groups in total. The summed E-state index contributed by atoms with van der Waals surface area (Å²) in [5.41, 5.74) is 0.592. The van der Waals surface area contributed by atoms with Crippen LogP contribution in [-0.4, -0.2) is 20.6 Å². The molecular weight excluding hydrogens is 260 g/mol. The molecule has 0 atom stereocenters. The Morgan fingerprint density at radius 2 is 2.15 bits per heavy atom. The zero-order valence-electron chi connectivity index (χ0n) is 10.7. The van der Waals surface area contributed by atoms with Gasteiger partial charge in [-0.05, 0) is 31.2 Å².